The van der Waals surface area contributed by atoms with Crippen LogP contribution < -0.4 is 5.32 Å². The van der Waals surface area contributed by atoms with Crippen LogP contribution in [0.2, 0.25) is 0 Å². The summed E-state index contributed by atoms with van der Waals surface area (Å²) in [5, 5.41) is 4.19. The van der Waals surface area contributed by atoms with Gasteiger partial charge in [0.1, 0.15) is 6.54 Å². The van der Waals surface area contributed by atoms with Crippen LogP contribution in [0.25, 0.3) is 10.9 Å². The van der Waals surface area contributed by atoms with Crippen molar-refractivity contribution < 1.29 is 4.79 Å². The molecule has 0 saturated carbocycles. The van der Waals surface area contributed by atoms with E-state index in [1.165, 1.54) is 0 Å². The van der Waals surface area contributed by atoms with E-state index in [-0.39, 0.29) is 5.91 Å². The van der Waals surface area contributed by atoms with Crippen molar-refractivity contribution in [3.8, 4) is 0 Å². The van der Waals surface area contributed by atoms with E-state index < -0.39 is 0 Å². The summed E-state index contributed by atoms with van der Waals surface area (Å²) < 4.78 is 3.10. The van der Waals surface area contributed by atoms with Crippen molar-refractivity contribution in [2.75, 3.05) is 5.32 Å². The van der Waals surface area contributed by atoms with E-state index >= 15 is 0 Å². The highest BCUT2D eigenvalue weighted by Gasteiger charge is 2.11. The number of carbonyl (C=O) groups is 1. The molecule has 0 saturated heterocycles. The quantitative estimate of drug-likeness (QED) is 0.693. The fourth-order valence-electron chi connectivity index (χ4n) is 2.81. The fraction of sp³-hybridized carbons (Fsp3) is 0.211. The minimum Gasteiger partial charge on any atom is -0.335 e. The van der Waals surface area contributed by atoms with Crippen LogP contribution >= 0.6 is 15.9 Å². The zero-order valence-corrected chi connectivity index (χ0v) is 15.1. The monoisotopic (exact) mass is 370 g/mol. The van der Waals surface area contributed by atoms with Crippen LogP contribution in [-0.2, 0) is 11.3 Å². The molecule has 1 heterocycles. The lowest BCUT2D eigenvalue weighted by Gasteiger charge is -2.13. The van der Waals surface area contributed by atoms with Gasteiger partial charge in [0, 0.05) is 21.4 Å². The molecule has 23 heavy (non-hydrogen) atoms. The van der Waals surface area contributed by atoms with E-state index in [0.717, 1.165) is 37.9 Å². The van der Waals surface area contributed by atoms with Gasteiger partial charge < -0.3 is 9.88 Å². The topological polar surface area (TPSA) is 34.0 Å². The summed E-state index contributed by atoms with van der Waals surface area (Å²) in [7, 11) is 0. The molecular weight excluding hydrogens is 352 g/mol. The number of fused-ring (bicyclic) bond motifs is 1. The van der Waals surface area contributed by atoms with Gasteiger partial charge in [-0.25, -0.2) is 0 Å². The Balaban J connectivity index is 1.85. The summed E-state index contributed by atoms with van der Waals surface area (Å²) >= 11 is 3.51. The van der Waals surface area contributed by atoms with Gasteiger partial charge in [0.2, 0.25) is 5.91 Å². The first-order chi connectivity index (χ1) is 11.0. The van der Waals surface area contributed by atoms with Gasteiger partial charge in [-0.1, -0.05) is 34.1 Å². The smallest absolute Gasteiger partial charge is 0.244 e. The molecule has 0 aliphatic rings. The third kappa shape index (κ3) is 3.04. The number of nitrogens with one attached hydrogen (secondary N) is 1. The number of benzene rings is 2. The van der Waals surface area contributed by atoms with Crippen molar-refractivity contribution in [2.24, 2.45) is 0 Å². The Bertz CT molecular complexity index is 896. The van der Waals surface area contributed by atoms with Crippen LogP contribution in [0.3, 0.4) is 0 Å². The van der Waals surface area contributed by atoms with Crippen molar-refractivity contribution >= 4 is 38.4 Å². The maximum atomic E-state index is 12.5. The number of aromatic nitrogens is 1. The SMILES string of the molecule is Cc1c(Br)ccc(NC(=O)Cn2c(C)cc3ccccc32)c1C. The number of aryl methyl sites for hydroxylation is 1. The molecule has 118 valence electrons. The summed E-state index contributed by atoms with van der Waals surface area (Å²) in [5.74, 6) is -0.0146. The first kappa shape index (κ1) is 15.8. The number of carbonyl (C=O) groups excluding carboxylic acids is 1. The fourth-order valence-corrected chi connectivity index (χ4v) is 3.24. The van der Waals surface area contributed by atoms with Gasteiger partial charge in [-0.3, -0.25) is 4.79 Å². The molecule has 0 aliphatic carbocycles. The van der Waals surface area contributed by atoms with E-state index in [1.807, 2.05) is 55.7 Å². The number of hydrogen-bond acceptors (Lipinski definition) is 1. The van der Waals surface area contributed by atoms with Crippen LogP contribution in [0.15, 0.2) is 46.9 Å². The predicted molar refractivity (Wildman–Crippen MR) is 98.9 cm³/mol. The van der Waals surface area contributed by atoms with Gasteiger partial charge in [0.15, 0.2) is 0 Å². The van der Waals surface area contributed by atoms with Gasteiger partial charge in [-0.15, -0.1) is 0 Å². The molecule has 0 unspecified atom stereocenters. The largest absolute Gasteiger partial charge is 0.335 e. The normalized spacial score (nSPS) is 11.0. The van der Waals surface area contributed by atoms with E-state index in [9.17, 15) is 4.79 Å². The highest BCUT2D eigenvalue weighted by Crippen LogP contribution is 2.26. The number of halogens is 1. The summed E-state index contributed by atoms with van der Waals surface area (Å²) in [4.78, 5) is 12.5. The molecule has 2 aromatic carbocycles. The van der Waals surface area contributed by atoms with Gasteiger partial charge in [-0.2, -0.15) is 0 Å². The first-order valence-electron chi connectivity index (χ1n) is 7.58. The van der Waals surface area contributed by atoms with E-state index in [1.54, 1.807) is 0 Å². The minimum atomic E-state index is -0.0146. The van der Waals surface area contributed by atoms with Crippen molar-refractivity contribution in [3.63, 3.8) is 0 Å². The van der Waals surface area contributed by atoms with Crippen LogP contribution in [0.4, 0.5) is 5.69 Å². The standard InChI is InChI=1S/C19H19BrN2O/c1-12-10-15-6-4-5-7-18(15)22(12)11-19(23)21-17-9-8-16(20)13(2)14(17)3/h4-10H,11H2,1-3H3,(H,21,23). The number of hydrogen-bond donors (Lipinski definition) is 1. The molecule has 0 aliphatic heterocycles. The minimum absolute atomic E-state index is 0.0146. The van der Waals surface area contributed by atoms with Crippen LogP contribution in [0.5, 0.6) is 0 Å². The maximum Gasteiger partial charge on any atom is 0.244 e. The molecule has 0 spiro atoms. The summed E-state index contributed by atoms with van der Waals surface area (Å²) in [5.41, 5.74) is 5.27. The van der Waals surface area contributed by atoms with Gasteiger partial charge in [-0.05, 0) is 61.5 Å². The Morgan fingerprint density at radius 1 is 1.09 bits per heavy atom. The number of nitrogens with zero attached hydrogens (tertiary/aromatic N) is 1. The van der Waals surface area contributed by atoms with Gasteiger partial charge >= 0.3 is 0 Å². The number of rotatable bonds is 3. The van der Waals surface area contributed by atoms with Crippen LogP contribution in [-0.4, -0.2) is 10.5 Å². The Kier molecular flexibility index (Phi) is 4.26. The Morgan fingerprint density at radius 2 is 1.83 bits per heavy atom. The third-order valence-corrected chi connectivity index (χ3v) is 5.17. The second kappa shape index (κ2) is 6.20. The average Bonchev–Trinajstić information content (AvgIpc) is 2.84. The molecule has 0 radical (unpaired) electrons. The van der Waals surface area contributed by atoms with Gasteiger partial charge in [0.25, 0.3) is 0 Å². The second-order valence-electron chi connectivity index (χ2n) is 5.82. The lowest BCUT2D eigenvalue weighted by molar-refractivity contribution is -0.116. The molecule has 1 aromatic heterocycles. The number of anilines is 1. The molecule has 1 N–H and O–H groups in total. The van der Waals surface area contributed by atoms with Crippen LogP contribution in [0, 0.1) is 20.8 Å². The van der Waals surface area contributed by atoms with E-state index in [0.29, 0.717) is 6.54 Å². The first-order valence-corrected chi connectivity index (χ1v) is 8.37. The molecule has 3 aromatic rings. The summed E-state index contributed by atoms with van der Waals surface area (Å²) in [6.45, 7) is 6.40. The Labute approximate surface area is 144 Å². The van der Waals surface area contributed by atoms with E-state index in [4.69, 9.17) is 0 Å². The Morgan fingerprint density at radius 3 is 2.61 bits per heavy atom. The number of amides is 1. The highest BCUT2D eigenvalue weighted by atomic mass is 79.9. The summed E-state index contributed by atoms with van der Waals surface area (Å²) in [6.07, 6.45) is 0. The number of para-hydroxylation sites is 1. The molecule has 1 amide bonds. The molecule has 3 rings (SSSR count). The van der Waals surface area contributed by atoms with Crippen molar-refractivity contribution in [1.29, 1.82) is 0 Å². The summed E-state index contributed by atoms with van der Waals surface area (Å²) in [6, 6.07) is 14.1. The average molecular weight is 371 g/mol. The zero-order chi connectivity index (χ0) is 16.6. The highest BCUT2D eigenvalue weighted by molar-refractivity contribution is 9.10. The third-order valence-electron chi connectivity index (χ3n) is 4.31. The van der Waals surface area contributed by atoms with Crippen molar-refractivity contribution in [2.45, 2.75) is 27.3 Å². The maximum absolute atomic E-state index is 12.5. The molecule has 3 nitrogen and oxygen atoms in total. The van der Waals surface area contributed by atoms with Crippen molar-refractivity contribution in [3.05, 3.63) is 63.8 Å². The van der Waals surface area contributed by atoms with Gasteiger partial charge in [0.05, 0.1) is 0 Å². The molecular formula is C19H19BrN2O. The molecule has 0 atom stereocenters. The van der Waals surface area contributed by atoms with Crippen molar-refractivity contribution in [1.82, 2.24) is 4.57 Å². The second-order valence-corrected chi connectivity index (χ2v) is 6.68. The molecule has 0 bridgehead atoms. The lowest BCUT2D eigenvalue weighted by atomic mass is 10.1. The van der Waals surface area contributed by atoms with Crippen LogP contribution in [0.1, 0.15) is 16.8 Å². The molecule has 0 fully saturated rings. The lowest BCUT2D eigenvalue weighted by Crippen LogP contribution is -2.20. The van der Waals surface area contributed by atoms with E-state index in [2.05, 4.69) is 33.4 Å². The molecule has 4 heteroatoms. The predicted octanol–water partition coefficient (Wildman–Crippen LogP) is 4.97. The zero-order valence-electron chi connectivity index (χ0n) is 13.5. The Hall–Kier alpha value is -2.07.